The summed E-state index contributed by atoms with van der Waals surface area (Å²) in [4.78, 5) is 43.3. The van der Waals surface area contributed by atoms with E-state index in [1.165, 1.54) is 17.1 Å². The van der Waals surface area contributed by atoms with Crippen molar-refractivity contribution in [1.82, 2.24) is 25.0 Å². The molecule has 4 atom stereocenters. The molecule has 3 heterocycles. The smallest absolute Gasteiger partial charge is 0.269 e. The van der Waals surface area contributed by atoms with Gasteiger partial charge in [0.05, 0.1) is 11.7 Å². The molecule has 2 saturated carbocycles. The molecule has 2 aromatic heterocycles. The lowest BCUT2D eigenvalue weighted by Crippen LogP contribution is -2.49. The molecule has 158 valence electrons. The van der Waals surface area contributed by atoms with Gasteiger partial charge in [-0.25, -0.2) is 0 Å². The predicted octanol–water partition coefficient (Wildman–Crippen LogP) is 0.830. The van der Waals surface area contributed by atoms with Crippen molar-refractivity contribution in [2.24, 2.45) is 17.6 Å². The lowest BCUT2D eigenvalue weighted by atomic mass is 10.1. The second kappa shape index (κ2) is 6.81. The average Bonchev–Trinajstić information content (AvgIpc) is 3.49. The average molecular weight is 451 g/mol. The molecule has 0 aromatic carbocycles. The summed E-state index contributed by atoms with van der Waals surface area (Å²) in [7, 11) is 0. The van der Waals surface area contributed by atoms with Crippen LogP contribution in [-0.2, 0) is 16.1 Å². The number of carbonyl (C=O) groups excluding carboxylic acids is 3. The number of alkyl halides is 2. The van der Waals surface area contributed by atoms with E-state index in [1.54, 1.807) is 11.0 Å². The number of nitrogens with two attached hydrogens (primary N) is 1. The number of nitrogens with one attached hydrogen (secondary N) is 1. The van der Waals surface area contributed by atoms with Gasteiger partial charge in [0.1, 0.15) is 16.9 Å². The van der Waals surface area contributed by atoms with Gasteiger partial charge in [0.25, 0.3) is 5.91 Å². The third-order valence-corrected chi connectivity index (χ3v) is 7.17. The molecule has 0 radical (unpaired) electrons. The van der Waals surface area contributed by atoms with E-state index in [2.05, 4.69) is 15.4 Å². The minimum atomic E-state index is -0.756. The van der Waals surface area contributed by atoms with E-state index in [0.717, 1.165) is 6.42 Å². The molecule has 1 saturated heterocycles. The van der Waals surface area contributed by atoms with Crippen LogP contribution in [0.3, 0.4) is 0 Å². The van der Waals surface area contributed by atoms with Gasteiger partial charge in [-0.3, -0.25) is 24.0 Å². The number of aromatic nitrogens is 3. The van der Waals surface area contributed by atoms with Crippen LogP contribution in [0, 0.1) is 11.8 Å². The SMILES string of the molecule is NC(=O)c1nn(CC(=O)N2C3C[C@@H]3C[C@H]2C(=O)NC[C@H]2CC2(Cl)Cl)c2cnccc12. The van der Waals surface area contributed by atoms with Gasteiger partial charge in [-0.05, 0) is 31.2 Å². The third-order valence-electron chi connectivity index (χ3n) is 6.25. The second-order valence-electron chi connectivity index (χ2n) is 8.29. The Hall–Kier alpha value is -2.39. The van der Waals surface area contributed by atoms with E-state index in [1.807, 2.05) is 0 Å². The highest BCUT2D eigenvalue weighted by Crippen LogP contribution is 2.53. The van der Waals surface area contributed by atoms with Crippen LogP contribution in [-0.4, -0.2) is 60.3 Å². The lowest BCUT2D eigenvalue weighted by Gasteiger charge is -2.27. The zero-order valence-electron chi connectivity index (χ0n) is 15.9. The first-order chi connectivity index (χ1) is 14.3. The van der Waals surface area contributed by atoms with E-state index in [0.29, 0.717) is 36.2 Å². The van der Waals surface area contributed by atoms with Gasteiger partial charge >= 0.3 is 0 Å². The molecule has 1 unspecified atom stereocenters. The molecular formula is C19H20Cl2N6O3. The molecule has 5 rings (SSSR count). The van der Waals surface area contributed by atoms with Gasteiger partial charge < -0.3 is 16.0 Å². The number of primary amides is 1. The van der Waals surface area contributed by atoms with Crippen LogP contribution < -0.4 is 11.1 Å². The Balaban J connectivity index is 1.32. The number of amides is 3. The normalized spacial score (nSPS) is 28.3. The van der Waals surface area contributed by atoms with Gasteiger partial charge in [0, 0.05) is 30.1 Å². The van der Waals surface area contributed by atoms with Gasteiger partial charge in [0.2, 0.25) is 11.8 Å². The Labute approximate surface area is 181 Å². The van der Waals surface area contributed by atoms with E-state index in [-0.39, 0.29) is 36.0 Å². The fraction of sp³-hybridized carbons (Fsp3) is 0.526. The first kappa shape index (κ1) is 19.6. The van der Waals surface area contributed by atoms with Gasteiger partial charge in [-0.1, -0.05) is 0 Å². The quantitative estimate of drug-likeness (QED) is 0.630. The summed E-state index contributed by atoms with van der Waals surface area (Å²) in [6.07, 6.45) is 5.27. The molecule has 3 N–H and O–H groups in total. The first-order valence-electron chi connectivity index (χ1n) is 9.83. The molecule has 30 heavy (non-hydrogen) atoms. The van der Waals surface area contributed by atoms with Crippen molar-refractivity contribution >= 4 is 51.8 Å². The van der Waals surface area contributed by atoms with Crippen LogP contribution in [0.15, 0.2) is 18.5 Å². The highest BCUT2D eigenvalue weighted by Gasteiger charge is 2.56. The minimum absolute atomic E-state index is 0.0417. The number of likely N-dealkylation sites (tertiary alicyclic amines) is 1. The molecule has 3 aliphatic rings. The number of nitrogens with zero attached hydrogens (tertiary/aromatic N) is 4. The van der Waals surface area contributed by atoms with Crippen LogP contribution in [0.1, 0.15) is 29.8 Å². The molecule has 2 aromatic rings. The van der Waals surface area contributed by atoms with Crippen LogP contribution in [0.4, 0.5) is 0 Å². The standard InChI is InChI=1S/C19H20Cl2N6O3/c20-19(21)5-10(19)6-24-18(30)13-4-9-3-12(9)27(13)15(28)8-26-14-7-23-2-1-11(14)16(25-26)17(22)29/h1-2,7,9-10,12-13H,3-6,8H2,(H2,22,29)(H,24,30)/t9-,10-,12?,13+/m1/s1. The summed E-state index contributed by atoms with van der Waals surface area (Å²) < 4.78 is 0.670. The molecule has 2 aliphatic carbocycles. The molecule has 3 fully saturated rings. The van der Waals surface area contributed by atoms with Crippen molar-refractivity contribution in [2.45, 2.75) is 42.2 Å². The summed E-state index contributed by atoms with van der Waals surface area (Å²) in [5.74, 6) is -0.688. The maximum absolute atomic E-state index is 13.1. The Kier molecular flexibility index (Phi) is 4.44. The van der Waals surface area contributed by atoms with Crippen molar-refractivity contribution in [3.05, 3.63) is 24.2 Å². The van der Waals surface area contributed by atoms with E-state index >= 15 is 0 Å². The van der Waals surface area contributed by atoms with Crippen molar-refractivity contribution < 1.29 is 14.4 Å². The monoisotopic (exact) mass is 450 g/mol. The van der Waals surface area contributed by atoms with Crippen molar-refractivity contribution in [1.29, 1.82) is 0 Å². The molecule has 9 nitrogen and oxygen atoms in total. The topological polar surface area (TPSA) is 123 Å². The summed E-state index contributed by atoms with van der Waals surface area (Å²) in [5, 5.41) is 7.64. The number of pyridine rings is 1. The molecule has 0 spiro atoms. The fourth-order valence-electron chi connectivity index (χ4n) is 4.41. The number of piperidine rings is 1. The summed E-state index contributed by atoms with van der Waals surface area (Å²) in [6.45, 7) is 0.300. The maximum atomic E-state index is 13.1. The summed E-state index contributed by atoms with van der Waals surface area (Å²) in [5.41, 5.74) is 6.05. The van der Waals surface area contributed by atoms with Gasteiger partial charge in [-0.2, -0.15) is 5.10 Å². The lowest BCUT2D eigenvalue weighted by molar-refractivity contribution is -0.140. The van der Waals surface area contributed by atoms with Crippen LogP contribution in [0.2, 0.25) is 0 Å². The van der Waals surface area contributed by atoms with E-state index in [4.69, 9.17) is 28.9 Å². The molecule has 1 aliphatic heterocycles. The number of hydrogen-bond donors (Lipinski definition) is 2. The molecule has 3 amide bonds. The molecule has 11 heteroatoms. The van der Waals surface area contributed by atoms with Crippen LogP contribution in [0.25, 0.3) is 10.9 Å². The number of fused-ring (bicyclic) bond motifs is 2. The Morgan fingerprint density at radius 3 is 2.77 bits per heavy atom. The largest absolute Gasteiger partial charge is 0.364 e. The fourth-order valence-corrected chi connectivity index (χ4v) is 4.94. The first-order valence-corrected chi connectivity index (χ1v) is 10.6. The van der Waals surface area contributed by atoms with Crippen molar-refractivity contribution in [2.75, 3.05) is 6.54 Å². The summed E-state index contributed by atoms with van der Waals surface area (Å²) >= 11 is 12.0. The Bertz CT molecular complexity index is 1070. The maximum Gasteiger partial charge on any atom is 0.269 e. The summed E-state index contributed by atoms with van der Waals surface area (Å²) in [6, 6.07) is 1.19. The highest BCUT2D eigenvalue weighted by molar-refractivity contribution is 6.50. The van der Waals surface area contributed by atoms with Crippen LogP contribution >= 0.6 is 23.2 Å². The van der Waals surface area contributed by atoms with E-state index in [9.17, 15) is 14.4 Å². The molecular weight excluding hydrogens is 431 g/mol. The van der Waals surface area contributed by atoms with E-state index < -0.39 is 16.3 Å². The number of rotatable bonds is 6. The number of carbonyl (C=O) groups is 3. The predicted molar refractivity (Wildman–Crippen MR) is 109 cm³/mol. The zero-order valence-corrected chi connectivity index (χ0v) is 17.4. The third kappa shape index (κ3) is 3.30. The van der Waals surface area contributed by atoms with Gasteiger partial charge in [-0.15, -0.1) is 23.2 Å². The number of hydrogen-bond acceptors (Lipinski definition) is 5. The minimum Gasteiger partial charge on any atom is -0.364 e. The second-order valence-corrected chi connectivity index (χ2v) is 9.83. The Morgan fingerprint density at radius 1 is 1.30 bits per heavy atom. The highest BCUT2D eigenvalue weighted by atomic mass is 35.5. The van der Waals surface area contributed by atoms with Crippen molar-refractivity contribution in [3.8, 4) is 0 Å². The van der Waals surface area contributed by atoms with Crippen molar-refractivity contribution in [3.63, 3.8) is 0 Å². The van der Waals surface area contributed by atoms with Crippen LogP contribution in [0.5, 0.6) is 0 Å². The zero-order chi connectivity index (χ0) is 21.2. The number of halogens is 2. The molecule has 0 bridgehead atoms. The van der Waals surface area contributed by atoms with Gasteiger partial charge in [0.15, 0.2) is 5.69 Å². The Morgan fingerprint density at radius 2 is 2.07 bits per heavy atom.